The molecule has 1 aliphatic heterocycles. The van der Waals surface area contributed by atoms with E-state index in [9.17, 15) is 13.2 Å². The molecule has 1 N–H and O–H groups in total. The van der Waals surface area contributed by atoms with Gasteiger partial charge >= 0.3 is 5.97 Å². The Kier molecular flexibility index (Phi) is 3.38. The molecule has 1 atom stereocenters. The summed E-state index contributed by atoms with van der Waals surface area (Å²) in [5, 5.41) is 16.3. The van der Waals surface area contributed by atoms with Crippen molar-refractivity contribution in [3.8, 4) is 0 Å². The highest BCUT2D eigenvalue weighted by atomic mass is 32.2. The fourth-order valence-corrected chi connectivity index (χ4v) is 4.15. The molecule has 9 heteroatoms. The van der Waals surface area contributed by atoms with Gasteiger partial charge in [0.15, 0.2) is 5.52 Å². The molecule has 21 heavy (non-hydrogen) atoms. The molecule has 1 aromatic heterocycles. The van der Waals surface area contributed by atoms with E-state index < -0.39 is 21.9 Å². The summed E-state index contributed by atoms with van der Waals surface area (Å²) in [6.07, 6.45) is 1.00. The molecule has 1 aliphatic rings. The van der Waals surface area contributed by atoms with Crippen LogP contribution in [-0.2, 0) is 14.8 Å². The van der Waals surface area contributed by atoms with Crippen LogP contribution in [0.4, 0.5) is 0 Å². The lowest BCUT2D eigenvalue weighted by Gasteiger charge is -2.29. The van der Waals surface area contributed by atoms with E-state index in [0.29, 0.717) is 24.9 Å². The molecule has 2 aromatic rings. The van der Waals surface area contributed by atoms with E-state index in [0.717, 1.165) is 0 Å². The molecule has 0 bridgehead atoms. The third kappa shape index (κ3) is 2.38. The SMILES string of the molecule is O=C(O)C1CCCN(S(=O)(=O)c2cccc3nonc23)C1. The number of nitrogens with zero attached hydrogens (tertiary/aromatic N) is 3. The number of fused-ring (bicyclic) bond motifs is 1. The predicted molar refractivity (Wildman–Crippen MR) is 70.9 cm³/mol. The molecule has 1 fully saturated rings. The maximum absolute atomic E-state index is 12.7. The van der Waals surface area contributed by atoms with Crippen LogP contribution in [0.15, 0.2) is 27.7 Å². The first kappa shape index (κ1) is 14.0. The van der Waals surface area contributed by atoms with Gasteiger partial charge in [0, 0.05) is 13.1 Å². The molecule has 2 heterocycles. The van der Waals surface area contributed by atoms with Crippen molar-refractivity contribution in [2.75, 3.05) is 13.1 Å². The summed E-state index contributed by atoms with van der Waals surface area (Å²) in [7, 11) is -3.82. The Balaban J connectivity index is 2.00. The van der Waals surface area contributed by atoms with E-state index in [1.165, 1.54) is 10.4 Å². The number of aromatic nitrogens is 2. The van der Waals surface area contributed by atoms with E-state index in [-0.39, 0.29) is 17.0 Å². The van der Waals surface area contributed by atoms with Gasteiger partial charge in [0.1, 0.15) is 10.4 Å². The lowest BCUT2D eigenvalue weighted by molar-refractivity contribution is -0.142. The average Bonchev–Trinajstić information content (AvgIpc) is 2.95. The van der Waals surface area contributed by atoms with Gasteiger partial charge in [-0.25, -0.2) is 13.0 Å². The lowest BCUT2D eigenvalue weighted by atomic mass is 10.0. The van der Waals surface area contributed by atoms with Crippen molar-refractivity contribution in [3.05, 3.63) is 18.2 Å². The highest BCUT2D eigenvalue weighted by Crippen LogP contribution is 2.27. The summed E-state index contributed by atoms with van der Waals surface area (Å²) in [5.74, 6) is -1.65. The van der Waals surface area contributed by atoms with Crippen LogP contribution in [0, 0.1) is 5.92 Å². The average molecular weight is 311 g/mol. The minimum absolute atomic E-state index is 0.00714. The van der Waals surface area contributed by atoms with Gasteiger partial charge in [-0.1, -0.05) is 6.07 Å². The van der Waals surface area contributed by atoms with Crippen molar-refractivity contribution in [2.24, 2.45) is 5.92 Å². The zero-order chi connectivity index (χ0) is 15.0. The Bertz CT molecular complexity index is 785. The maximum Gasteiger partial charge on any atom is 0.307 e. The Morgan fingerprint density at radius 1 is 1.38 bits per heavy atom. The highest BCUT2D eigenvalue weighted by Gasteiger charge is 2.34. The van der Waals surface area contributed by atoms with Gasteiger partial charge in [-0.2, -0.15) is 4.31 Å². The first-order valence-electron chi connectivity index (χ1n) is 6.44. The molecule has 112 valence electrons. The van der Waals surface area contributed by atoms with Gasteiger partial charge in [0.25, 0.3) is 0 Å². The predicted octanol–water partition coefficient (Wildman–Crippen LogP) is 0.708. The minimum Gasteiger partial charge on any atom is -0.481 e. The zero-order valence-corrected chi connectivity index (χ0v) is 11.8. The zero-order valence-electron chi connectivity index (χ0n) is 11.0. The van der Waals surface area contributed by atoms with Crippen LogP contribution < -0.4 is 0 Å². The third-order valence-electron chi connectivity index (χ3n) is 3.60. The summed E-state index contributed by atoms with van der Waals surface area (Å²) in [4.78, 5) is 11.1. The molecular weight excluding hydrogens is 298 g/mol. The van der Waals surface area contributed by atoms with Crippen LogP contribution in [0.25, 0.3) is 11.0 Å². The number of sulfonamides is 1. The molecule has 0 amide bonds. The van der Waals surface area contributed by atoms with E-state index in [2.05, 4.69) is 14.9 Å². The summed E-state index contributed by atoms with van der Waals surface area (Å²) in [5.41, 5.74) is 0.512. The van der Waals surface area contributed by atoms with Crippen molar-refractivity contribution in [3.63, 3.8) is 0 Å². The number of benzene rings is 1. The summed E-state index contributed by atoms with van der Waals surface area (Å²) >= 11 is 0. The van der Waals surface area contributed by atoms with Gasteiger partial charge in [0.2, 0.25) is 10.0 Å². The third-order valence-corrected chi connectivity index (χ3v) is 5.50. The van der Waals surface area contributed by atoms with E-state index in [4.69, 9.17) is 5.11 Å². The van der Waals surface area contributed by atoms with Gasteiger partial charge in [0.05, 0.1) is 5.92 Å². The number of aliphatic carboxylic acids is 1. The molecule has 1 saturated heterocycles. The molecule has 0 aliphatic carbocycles. The topological polar surface area (TPSA) is 114 Å². The number of carbonyl (C=O) groups is 1. The van der Waals surface area contributed by atoms with Crippen molar-refractivity contribution < 1.29 is 22.9 Å². The smallest absolute Gasteiger partial charge is 0.307 e. The number of rotatable bonds is 3. The number of piperidine rings is 1. The van der Waals surface area contributed by atoms with Crippen molar-refractivity contribution in [1.82, 2.24) is 14.6 Å². The van der Waals surface area contributed by atoms with E-state index in [1.807, 2.05) is 0 Å². The fourth-order valence-electron chi connectivity index (χ4n) is 2.49. The van der Waals surface area contributed by atoms with Crippen molar-refractivity contribution >= 4 is 27.0 Å². The van der Waals surface area contributed by atoms with Crippen LogP contribution in [0.2, 0.25) is 0 Å². The van der Waals surface area contributed by atoms with E-state index in [1.54, 1.807) is 12.1 Å². The largest absolute Gasteiger partial charge is 0.481 e. The monoisotopic (exact) mass is 311 g/mol. The first-order valence-corrected chi connectivity index (χ1v) is 7.88. The van der Waals surface area contributed by atoms with E-state index >= 15 is 0 Å². The lowest BCUT2D eigenvalue weighted by Crippen LogP contribution is -2.42. The molecule has 1 unspecified atom stereocenters. The normalized spacial score (nSPS) is 20.7. The number of hydrogen-bond donors (Lipinski definition) is 1. The number of carboxylic acid groups (broad SMARTS) is 1. The molecule has 1 aromatic carbocycles. The van der Waals surface area contributed by atoms with Crippen LogP contribution >= 0.6 is 0 Å². The van der Waals surface area contributed by atoms with Crippen LogP contribution in [-0.4, -0.2) is 47.2 Å². The second-order valence-corrected chi connectivity index (χ2v) is 6.83. The number of carboxylic acids is 1. The molecule has 0 saturated carbocycles. The summed E-state index contributed by atoms with van der Waals surface area (Å²) < 4.78 is 31.1. The van der Waals surface area contributed by atoms with Gasteiger partial charge < -0.3 is 5.11 Å². The molecule has 0 spiro atoms. The molecular formula is C12H13N3O5S. The Labute approximate surface area is 120 Å². The van der Waals surface area contributed by atoms with Gasteiger partial charge in [-0.3, -0.25) is 4.79 Å². The maximum atomic E-state index is 12.7. The molecule has 8 nitrogen and oxygen atoms in total. The quantitative estimate of drug-likeness (QED) is 0.887. The van der Waals surface area contributed by atoms with Crippen molar-refractivity contribution in [2.45, 2.75) is 17.7 Å². The second kappa shape index (κ2) is 5.08. The summed E-state index contributed by atoms with van der Waals surface area (Å²) in [6, 6.07) is 4.57. The minimum atomic E-state index is -3.82. The van der Waals surface area contributed by atoms with Crippen molar-refractivity contribution in [1.29, 1.82) is 0 Å². The number of hydrogen-bond acceptors (Lipinski definition) is 6. The van der Waals surface area contributed by atoms with Gasteiger partial charge in [-0.15, -0.1) is 0 Å². The molecule has 0 radical (unpaired) electrons. The standard InChI is InChI=1S/C12H13N3O5S/c16-12(17)8-3-2-6-15(7-8)21(18,19)10-5-1-4-9-11(10)14-20-13-9/h1,4-5,8H,2-3,6-7H2,(H,16,17). The van der Waals surface area contributed by atoms with Crippen LogP contribution in [0.1, 0.15) is 12.8 Å². The highest BCUT2D eigenvalue weighted by molar-refractivity contribution is 7.89. The van der Waals surface area contributed by atoms with Crippen LogP contribution in [0.5, 0.6) is 0 Å². The Morgan fingerprint density at radius 3 is 2.95 bits per heavy atom. The fraction of sp³-hybridized carbons (Fsp3) is 0.417. The first-order chi connectivity index (χ1) is 10.00. The summed E-state index contributed by atoms with van der Waals surface area (Å²) in [6.45, 7) is 0.271. The van der Waals surface area contributed by atoms with Gasteiger partial charge in [-0.05, 0) is 35.3 Å². The van der Waals surface area contributed by atoms with Crippen LogP contribution in [0.3, 0.4) is 0 Å². The Hall–Kier alpha value is -2.00. The molecule has 3 rings (SSSR count). The second-order valence-electron chi connectivity index (χ2n) is 4.93. The Morgan fingerprint density at radius 2 is 2.19 bits per heavy atom.